The smallest absolute Gasteiger partial charge is 0.193 e. The van der Waals surface area contributed by atoms with Crippen LogP contribution >= 0.6 is 0 Å². The largest absolute Gasteiger partial charge is 0.289 e. The Balaban J connectivity index is 0.683. The zero-order valence-corrected chi connectivity index (χ0v) is 50.1. The molecule has 1 unspecified atom stereocenters. The Kier molecular flexibility index (Phi) is 10.6. The van der Waals surface area contributed by atoms with Gasteiger partial charge in [0.25, 0.3) is 0 Å². The average molecular weight is 1160 g/mol. The summed E-state index contributed by atoms with van der Waals surface area (Å²) < 4.78 is 0. The van der Waals surface area contributed by atoms with Crippen molar-refractivity contribution in [1.29, 1.82) is 0 Å². The van der Waals surface area contributed by atoms with Gasteiger partial charge in [-0.25, -0.2) is 0 Å². The van der Waals surface area contributed by atoms with E-state index in [1.165, 1.54) is 160 Å². The quantitative estimate of drug-likeness (QED) is 0.120. The molecule has 0 saturated heterocycles. The third-order valence-corrected chi connectivity index (χ3v) is 21.2. The average Bonchev–Trinajstić information content (AvgIpc) is 1.51. The molecule has 0 aliphatic heterocycles. The van der Waals surface area contributed by atoms with Crippen molar-refractivity contribution in [3.63, 3.8) is 0 Å². The molecule has 1 heteroatoms. The number of hydrogen-bond donors (Lipinski definition) is 0. The van der Waals surface area contributed by atoms with E-state index in [9.17, 15) is 0 Å². The number of fused-ring (bicyclic) bond motifs is 25. The Morgan fingerprint density at radius 1 is 0.196 bits per heavy atom. The molecular weight excluding hydrogens is 1110 g/mol. The maximum Gasteiger partial charge on any atom is 0.193 e. The maximum atomic E-state index is 15.7. The number of hydrogen-bond acceptors (Lipinski definition) is 1. The number of rotatable bonds is 6. The molecule has 20 rings (SSSR count). The van der Waals surface area contributed by atoms with Crippen molar-refractivity contribution < 1.29 is 4.79 Å². The van der Waals surface area contributed by atoms with Crippen molar-refractivity contribution in [3.05, 3.63) is 383 Å². The second-order valence-corrected chi connectivity index (χ2v) is 25.6. The van der Waals surface area contributed by atoms with E-state index in [4.69, 9.17) is 0 Å². The molecule has 4 aliphatic rings. The first-order valence-corrected chi connectivity index (χ1v) is 32.1. The van der Waals surface area contributed by atoms with Crippen molar-refractivity contribution in [2.24, 2.45) is 0 Å². The van der Waals surface area contributed by atoms with Gasteiger partial charge in [0.15, 0.2) is 5.78 Å². The number of benzene rings is 16. The standard InChI is InChI=1S/C91H54O/c92-89(66-41-44-75-72-25-7-12-32-82(72)90(86(75)53-66)80-30-10-5-23-70(80)71-24-6-11-31-81(71)90)67-42-45-76-73-26-8-13-33-83(73)91(87(76)54-67)84-34-14-9-27-74(84)79-51-64(43-46-85(79)91)68-29-16-21-65-52-78(69-22-3-4-28-77(69)88(65)68)63-20-15-19-57(50-63)58-37-38-62-49-61(40-39-60(62)48-58)59-36-35-55-17-1-2-18-56(55)47-59/h1-54H. The normalized spacial score (nSPS) is 14.7. The van der Waals surface area contributed by atoms with E-state index in [0.29, 0.717) is 11.1 Å². The third-order valence-electron chi connectivity index (χ3n) is 21.2. The summed E-state index contributed by atoms with van der Waals surface area (Å²) in [6, 6.07) is 121. The van der Waals surface area contributed by atoms with Crippen molar-refractivity contribution >= 4 is 48.9 Å². The number of carbonyl (C=O) groups excluding carboxylic acids is 1. The van der Waals surface area contributed by atoms with Crippen LogP contribution in [0.4, 0.5) is 0 Å². The Morgan fingerprint density at radius 3 is 1.12 bits per heavy atom. The molecule has 0 aromatic heterocycles. The molecule has 0 radical (unpaired) electrons. The van der Waals surface area contributed by atoms with Crippen LogP contribution in [-0.4, -0.2) is 5.78 Å². The first-order chi connectivity index (χ1) is 45.5. The molecule has 16 aromatic carbocycles. The lowest BCUT2D eigenvalue weighted by atomic mass is 9.70. The highest BCUT2D eigenvalue weighted by atomic mass is 16.1. The molecule has 16 aromatic rings. The van der Waals surface area contributed by atoms with Gasteiger partial charge in [-0.05, 0) is 225 Å². The summed E-state index contributed by atoms with van der Waals surface area (Å²) in [5.41, 5.74) is 29.3. The molecule has 2 spiro atoms. The minimum Gasteiger partial charge on any atom is -0.289 e. The minimum atomic E-state index is -0.655. The van der Waals surface area contributed by atoms with E-state index in [1.54, 1.807) is 0 Å². The van der Waals surface area contributed by atoms with Crippen molar-refractivity contribution in [2.45, 2.75) is 10.8 Å². The molecular formula is C91H54O. The van der Waals surface area contributed by atoms with E-state index < -0.39 is 10.8 Å². The lowest BCUT2D eigenvalue weighted by Crippen LogP contribution is -2.26. The van der Waals surface area contributed by atoms with E-state index in [-0.39, 0.29) is 5.78 Å². The zero-order chi connectivity index (χ0) is 60.4. The highest BCUT2D eigenvalue weighted by molar-refractivity contribution is 6.19. The van der Waals surface area contributed by atoms with Gasteiger partial charge in [-0.15, -0.1) is 0 Å². The van der Waals surface area contributed by atoms with Crippen LogP contribution in [0.2, 0.25) is 0 Å². The van der Waals surface area contributed by atoms with Crippen LogP contribution in [0.5, 0.6) is 0 Å². The van der Waals surface area contributed by atoms with Crippen LogP contribution in [-0.2, 0) is 10.8 Å². The molecule has 1 atom stereocenters. The lowest BCUT2D eigenvalue weighted by molar-refractivity contribution is 0.103. The molecule has 0 fully saturated rings. The van der Waals surface area contributed by atoms with Gasteiger partial charge in [0.1, 0.15) is 0 Å². The highest BCUT2D eigenvalue weighted by Gasteiger charge is 2.53. The molecule has 0 bridgehead atoms. The number of carbonyl (C=O) groups is 1. The van der Waals surface area contributed by atoms with Crippen molar-refractivity contribution in [3.8, 4) is 89.0 Å². The van der Waals surface area contributed by atoms with Crippen molar-refractivity contribution in [1.82, 2.24) is 0 Å². The van der Waals surface area contributed by atoms with Gasteiger partial charge in [-0.1, -0.05) is 279 Å². The van der Waals surface area contributed by atoms with Gasteiger partial charge >= 0.3 is 0 Å². The monoisotopic (exact) mass is 1160 g/mol. The maximum absolute atomic E-state index is 15.7. The Labute approximate surface area is 533 Å². The fourth-order valence-corrected chi connectivity index (χ4v) is 17.3. The van der Waals surface area contributed by atoms with Crippen LogP contribution in [0.3, 0.4) is 0 Å². The third kappa shape index (κ3) is 6.94. The molecule has 0 N–H and O–H groups in total. The zero-order valence-electron chi connectivity index (χ0n) is 50.1. The van der Waals surface area contributed by atoms with E-state index in [0.717, 1.165) is 16.7 Å². The predicted molar refractivity (Wildman–Crippen MR) is 381 cm³/mol. The van der Waals surface area contributed by atoms with Gasteiger partial charge < -0.3 is 0 Å². The summed E-state index contributed by atoms with van der Waals surface area (Å²) >= 11 is 0. The van der Waals surface area contributed by atoms with Gasteiger partial charge in [-0.3, -0.25) is 4.79 Å². The van der Waals surface area contributed by atoms with Gasteiger partial charge in [0.05, 0.1) is 10.8 Å². The van der Waals surface area contributed by atoms with E-state index in [1.807, 2.05) is 0 Å². The molecule has 1 nitrogen and oxygen atoms in total. The van der Waals surface area contributed by atoms with E-state index in [2.05, 4.69) is 328 Å². The van der Waals surface area contributed by atoms with Crippen LogP contribution in [0.15, 0.2) is 328 Å². The second kappa shape index (κ2) is 19.1. The predicted octanol–water partition coefficient (Wildman–Crippen LogP) is 22.9. The second-order valence-electron chi connectivity index (χ2n) is 25.6. The molecule has 4 aliphatic carbocycles. The molecule has 0 heterocycles. The van der Waals surface area contributed by atoms with Crippen LogP contribution in [0.1, 0.15) is 60.4 Å². The Morgan fingerprint density at radius 2 is 0.565 bits per heavy atom. The lowest BCUT2D eigenvalue weighted by Gasteiger charge is -2.31. The fourth-order valence-electron chi connectivity index (χ4n) is 17.3. The van der Waals surface area contributed by atoms with Gasteiger partial charge in [0.2, 0.25) is 0 Å². The summed E-state index contributed by atoms with van der Waals surface area (Å²) in [5, 5.41) is 9.84. The topological polar surface area (TPSA) is 17.1 Å². The molecule has 0 saturated carbocycles. The van der Waals surface area contributed by atoms with Crippen LogP contribution < -0.4 is 0 Å². The molecule has 92 heavy (non-hydrogen) atoms. The summed E-state index contributed by atoms with van der Waals surface area (Å²) in [5.74, 6) is 0.0189. The van der Waals surface area contributed by atoms with Crippen LogP contribution in [0, 0.1) is 0 Å². The fraction of sp³-hybridized carbons (Fsp3) is 0.0220. The van der Waals surface area contributed by atoms with Gasteiger partial charge in [-0.2, -0.15) is 0 Å². The summed E-state index contributed by atoms with van der Waals surface area (Å²) in [7, 11) is 0. The summed E-state index contributed by atoms with van der Waals surface area (Å²) in [6.07, 6.45) is 0. The summed E-state index contributed by atoms with van der Waals surface area (Å²) in [6.45, 7) is 0. The number of ketones is 1. The van der Waals surface area contributed by atoms with E-state index >= 15 is 4.79 Å². The first-order valence-electron chi connectivity index (χ1n) is 32.1. The van der Waals surface area contributed by atoms with Gasteiger partial charge in [0, 0.05) is 11.1 Å². The van der Waals surface area contributed by atoms with Crippen molar-refractivity contribution in [2.75, 3.05) is 0 Å². The Bertz CT molecular complexity index is 5870. The minimum absolute atomic E-state index is 0.0189. The highest BCUT2D eigenvalue weighted by Crippen LogP contribution is 2.65. The summed E-state index contributed by atoms with van der Waals surface area (Å²) in [4.78, 5) is 15.7. The Hall–Kier alpha value is -11.8. The first kappa shape index (κ1) is 51.1. The van der Waals surface area contributed by atoms with Crippen LogP contribution in [0.25, 0.3) is 132 Å². The molecule has 0 amide bonds. The SMILES string of the molecule is O=C(c1ccc2c(c1)C1(c3ccccc3-c3ccccc31)c1ccccc1-2)c1ccc2c(c1)C1(c3ccccc3-c3cc(-c4cccc5cc(-c6cccc(-c7ccc8cc(-c9ccc%10ccccc%10c9)ccc8c7)c6)c6ccccc6c45)ccc31)c1ccccc1-2. The molecule has 424 valence electrons.